The van der Waals surface area contributed by atoms with Gasteiger partial charge in [0.1, 0.15) is 12.2 Å². The van der Waals surface area contributed by atoms with Crippen molar-refractivity contribution in [1.82, 2.24) is 14.8 Å². The van der Waals surface area contributed by atoms with Crippen LogP contribution in [0.4, 0.5) is 5.69 Å². The molecule has 0 aliphatic carbocycles. The van der Waals surface area contributed by atoms with Crippen LogP contribution in [-0.4, -0.2) is 32.9 Å². The van der Waals surface area contributed by atoms with Gasteiger partial charge in [-0.2, -0.15) is 5.10 Å². The average Bonchev–Trinajstić information content (AvgIpc) is 2.93. The van der Waals surface area contributed by atoms with Gasteiger partial charge in [-0.25, -0.2) is 9.67 Å². The summed E-state index contributed by atoms with van der Waals surface area (Å²) < 4.78 is 1.84. The third-order valence-electron chi connectivity index (χ3n) is 3.07. The zero-order valence-corrected chi connectivity index (χ0v) is 11.6. The van der Waals surface area contributed by atoms with E-state index in [0.29, 0.717) is 12.1 Å². The summed E-state index contributed by atoms with van der Waals surface area (Å²) in [5, 5.41) is 16.1. The molecular formula is C13H18N6O. The van der Waals surface area contributed by atoms with E-state index in [1.54, 1.807) is 6.33 Å². The zero-order valence-electron chi connectivity index (χ0n) is 11.6. The average molecular weight is 274 g/mol. The monoisotopic (exact) mass is 274 g/mol. The van der Waals surface area contributed by atoms with Gasteiger partial charge in [0, 0.05) is 24.8 Å². The quantitative estimate of drug-likeness (QED) is 0.367. The van der Waals surface area contributed by atoms with Crippen LogP contribution < -0.4 is 10.6 Å². The maximum atomic E-state index is 8.85. The molecule has 0 aliphatic rings. The molecule has 7 nitrogen and oxygen atoms in total. The number of hydrogen-bond donors (Lipinski definition) is 2. The number of benzene rings is 1. The molecule has 0 unspecified atom stereocenters. The standard InChI is InChI=1S/C13H18N6O/c1-3-19-12(15-9-16-19)8-18(2)11-7-5-4-6-10(11)13(14)17-20/h4-7,9,20H,3,8H2,1-2H3,(H2,14,17). The number of nitrogens with zero attached hydrogens (tertiary/aromatic N) is 5. The molecule has 106 valence electrons. The molecule has 20 heavy (non-hydrogen) atoms. The fourth-order valence-electron chi connectivity index (χ4n) is 2.05. The van der Waals surface area contributed by atoms with Crippen LogP contribution in [0.1, 0.15) is 18.3 Å². The highest BCUT2D eigenvalue weighted by Gasteiger charge is 2.13. The van der Waals surface area contributed by atoms with Gasteiger partial charge in [-0.15, -0.1) is 0 Å². The highest BCUT2D eigenvalue weighted by Crippen LogP contribution is 2.20. The van der Waals surface area contributed by atoms with Crippen LogP contribution in [0, 0.1) is 0 Å². The Hall–Kier alpha value is -2.57. The van der Waals surface area contributed by atoms with Crippen molar-refractivity contribution >= 4 is 11.5 Å². The van der Waals surface area contributed by atoms with Crippen LogP contribution in [0.25, 0.3) is 0 Å². The number of aryl methyl sites for hydroxylation is 1. The summed E-state index contributed by atoms with van der Waals surface area (Å²) in [6.07, 6.45) is 1.54. The van der Waals surface area contributed by atoms with Crippen LogP contribution >= 0.6 is 0 Å². The number of rotatable bonds is 5. The van der Waals surface area contributed by atoms with E-state index in [0.717, 1.165) is 18.1 Å². The summed E-state index contributed by atoms with van der Waals surface area (Å²) in [7, 11) is 1.93. The summed E-state index contributed by atoms with van der Waals surface area (Å²) in [5.74, 6) is 0.953. The number of hydrogen-bond acceptors (Lipinski definition) is 5. The van der Waals surface area contributed by atoms with E-state index in [9.17, 15) is 0 Å². The maximum absolute atomic E-state index is 8.85. The molecule has 0 fully saturated rings. The second-order valence-electron chi connectivity index (χ2n) is 4.35. The Bertz CT molecular complexity index is 606. The Morgan fingerprint density at radius 1 is 1.45 bits per heavy atom. The Labute approximate surface area is 117 Å². The summed E-state index contributed by atoms with van der Waals surface area (Å²) in [4.78, 5) is 6.24. The molecular weight excluding hydrogens is 256 g/mol. The van der Waals surface area contributed by atoms with Gasteiger partial charge in [0.25, 0.3) is 0 Å². The van der Waals surface area contributed by atoms with Gasteiger partial charge in [0.05, 0.1) is 6.54 Å². The number of anilines is 1. The molecule has 0 aliphatic heterocycles. The van der Waals surface area contributed by atoms with Crippen molar-refractivity contribution in [2.45, 2.75) is 20.0 Å². The van der Waals surface area contributed by atoms with Crippen LogP contribution in [0.15, 0.2) is 35.7 Å². The van der Waals surface area contributed by atoms with Gasteiger partial charge in [-0.05, 0) is 19.1 Å². The van der Waals surface area contributed by atoms with E-state index < -0.39 is 0 Å². The first-order valence-corrected chi connectivity index (χ1v) is 6.32. The number of para-hydroxylation sites is 1. The van der Waals surface area contributed by atoms with E-state index in [-0.39, 0.29) is 5.84 Å². The number of nitrogens with two attached hydrogens (primary N) is 1. The lowest BCUT2D eigenvalue weighted by molar-refractivity contribution is 0.318. The lowest BCUT2D eigenvalue weighted by Gasteiger charge is -2.21. The second-order valence-corrected chi connectivity index (χ2v) is 4.35. The Morgan fingerprint density at radius 3 is 2.90 bits per heavy atom. The van der Waals surface area contributed by atoms with E-state index in [4.69, 9.17) is 10.9 Å². The topological polar surface area (TPSA) is 92.6 Å². The molecule has 0 spiro atoms. The minimum atomic E-state index is 0.0874. The van der Waals surface area contributed by atoms with Crippen molar-refractivity contribution in [2.75, 3.05) is 11.9 Å². The minimum absolute atomic E-state index is 0.0874. The van der Waals surface area contributed by atoms with Crippen LogP contribution in [0.2, 0.25) is 0 Å². The minimum Gasteiger partial charge on any atom is -0.409 e. The van der Waals surface area contributed by atoms with Gasteiger partial charge in [-0.1, -0.05) is 17.3 Å². The number of aromatic nitrogens is 3. The van der Waals surface area contributed by atoms with Gasteiger partial charge < -0.3 is 15.8 Å². The molecule has 0 atom stereocenters. The van der Waals surface area contributed by atoms with Crippen molar-refractivity contribution in [3.63, 3.8) is 0 Å². The molecule has 0 radical (unpaired) electrons. The van der Waals surface area contributed by atoms with Crippen LogP contribution in [0.5, 0.6) is 0 Å². The summed E-state index contributed by atoms with van der Waals surface area (Å²) in [6, 6.07) is 7.48. The molecule has 1 aromatic carbocycles. The molecule has 2 aromatic rings. The Kier molecular flexibility index (Phi) is 4.19. The smallest absolute Gasteiger partial charge is 0.172 e. The molecule has 3 N–H and O–H groups in total. The molecule has 0 bridgehead atoms. The van der Waals surface area contributed by atoms with Crippen LogP contribution in [0.3, 0.4) is 0 Å². The predicted molar refractivity (Wildman–Crippen MR) is 76.8 cm³/mol. The van der Waals surface area contributed by atoms with Crippen molar-refractivity contribution in [2.24, 2.45) is 10.9 Å². The highest BCUT2D eigenvalue weighted by molar-refractivity contribution is 6.02. The van der Waals surface area contributed by atoms with Crippen molar-refractivity contribution < 1.29 is 5.21 Å². The van der Waals surface area contributed by atoms with Crippen molar-refractivity contribution in [1.29, 1.82) is 0 Å². The predicted octanol–water partition coefficient (Wildman–Crippen LogP) is 1.03. The van der Waals surface area contributed by atoms with Gasteiger partial charge in [0.15, 0.2) is 5.84 Å². The number of oxime groups is 1. The van der Waals surface area contributed by atoms with E-state index in [2.05, 4.69) is 15.2 Å². The molecule has 0 saturated heterocycles. The SMILES string of the molecule is CCn1ncnc1CN(C)c1ccccc1/C(N)=N/O. The molecule has 7 heteroatoms. The van der Waals surface area contributed by atoms with E-state index in [1.165, 1.54) is 0 Å². The van der Waals surface area contributed by atoms with Crippen molar-refractivity contribution in [3.8, 4) is 0 Å². The molecule has 1 aromatic heterocycles. The molecule has 1 heterocycles. The first kappa shape index (κ1) is 13.9. The number of amidine groups is 1. The van der Waals surface area contributed by atoms with Gasteiger partial charge >= 0.3 is 0 Å². The second kappa shape index (κ2) is 6.05. The first-order valence-electron chi connectivity index (χ1n) is 6.32. The third kappa shape index (κ3) is 2.71. The first-order chi connectivity index (χ1) is 9.67. The van der Waals surface area contributed by atoms with Gasteiger partial charge in [0.2, 0.25) is 0 Å². The maximum Gasteiger partial charge on any atom is 0.172 e. The van der Waals surface area contributed by atoms with E-state index >= 15 is 0 Å². The zero-order chi connectivity index (χ0) is 14.5. The molecule has 2 rings (SSSR count). The summed E-state index contributed by atoms with van der Waals surface area (Å²) in [6.45, 7) is 3.37. The fraction of sp³-hybridized carbons (Fsp3) is 0.308. The largest absolute Gasteiger partial charge is 0.409 e. The third-order valence-corrected chi connectivity index (χ3v) is 3.07. The summed E-state index contributed by atoms with van der Waals surface area (Å²) >= 11 is 0. The van der Waals surface area contributed by atoms with Crippen LogP contribution in [-0.2, 0) is 13.1 Å². The lowest BCUT2D eigenvalue weighted by atomic mass is 10.1. The Morgan fingerprint density at radius 2 is 2.20 bits per heavy atom. The normalized spacial score (nSPS) is 11.6. The molecule has 0 saturated carbocycles. The Balaban J connectivity index is 2.28. The van der Waals surface area contributed by atoms with Gasteiger partial charge in [-0.3, -0.25) is 0 Å². The van der Waals surface area contributed by atoms with Crippen molar-refractivity contribution in [3.05, 3.63) is 42.0 Å². The lowest BCUT2D eigenvalue weighted by Crippen LogP contribution is -2.24. The molecule has 0 amide bonds. The van der Waals surface area contributed by atoms with E-state index in [1.807, 2.05) is 47.8 Å². The fourth-order valence-corrected chi connectivity index (χ4v) is 2.05. The summed E-state index contributed by atoms with van der Waals surface area (Å²) in [5.41, 5.74) is 7.25. The highest BCUT2D eigenvalue weighted by atomic mass is 16.4.